The molecule has 4 heteroatoms. The Balaban J connectivity index is 1.52. The predicted octanol–water partition coefficient (Wildman–Crippen LogP) is 3.72. The molecule has 3 nitrogen and oxygen atoms in total. The van der Waals surface area contributed by atoms with Crippen LogP contribution < -0.4 is 4.74 Å². The quantitative estimate of drug-likeness (QED) is 0.860. The van der Waals surface area contributed by atoms with Crippen LogP contribution in [0.1, 0.15) is 28.0 Å². The molecule has 1 aliphatic rings. The lowest BCUT2D eigenvalue weighted by Crippen LogP contribution is -2.36. The van der Waals surface area contributed by atoms with Crippen molar-refractivity contribution in [2.75, 3.05) is 13.2 Å². The number of carbonyl (C=O) groups excluding carboxylic acids is 1. The van der Waals surface area contributed by atoms with Crippen LogP contribution in [0, 0.1) is 13.8 Å². The minimum atomic E-state index is 0.183. The second-order valence-corrected chi connectivity index (χ2v) is 6.73. The van der Waals surface area contributed by atoms with E-state index in [4.69, 9.17) is 4.74 Å². The fourth-order valence-electron chi connectivity index (χ4n) is 2.75. The summed E-state index contributed by atoms with van der Waals surface area (Å²) < 4.78 is 5.79. The molecule has 0 saturated heterocycles. The van der Waals surface area contributed by atoms with Gasteiger partial charge in [-0.2, -0.15) is 0 Å². The molecule has 0 saturated carbocycles. The van der Waals surface area contributed by atoms with Gasteiger partial charge in [-0.15, -0.1) is 11.3 Å². The van der Waals surface area contributed by atoms with Crippen molar-refractivity contribution in [3.63, 3.8) is 0 Å². The molecule has 1 amide bonds. The molecular weight excluding hydrogens is 294 g/mol. The average Bonchev–Trinajstić information content (AvgIpc) is 2.98. The van der Waals surface area contributed by atoms with Crippen LogP contribution in [0.3, 0.4) is 0 Å². The number of carbonyl (C=O) groups is 1. The first-order valence-corrected chi connectivity index (χ1v) is 8.55. The summed E-state index contributed by atoms with van der Waals surface area (Å²) in [6.45, 7) is 6.14. The van der Waals surface area contributed by atoms with E-state index in [-0.39, 0.29) is 5.91 Å². The summed E-state index contributed by atoms with van der Waals surface area (Å²) in [4.78, 5) is 15.7. The van der Waals surface area contributed by atoms with Crippen LogP contribution in [-0.2, 0) is 17.8 Å². The lowest BCUT2D eigenvalue weighted by molar-refractivity contribution is -0.132. The van der Waals surface area contributed by atoms with Crippen molar-refractivity contribution >= 4 is 17.2 Å². The van der Waals surface area contributed by atoms with Gasteiger partial charge in [0, 0.05) is 18.0 Å². The zero-order chi connectivity index (χ0) is 15.5. The molecule has 0 N–H and O–H groups in total. The SMILES string of the molecule is Cc1cccc(OCCC(=O)N2CCc3sccc3C2)c1C. The Hall–Kier alpha value is -1.81. The third-order valence-corrected chi connectivity index (χ3v) is 5.31. The van der Waals surface area contributed by atoms with Gasteiger partial charge in [0.2, 0.25) is 5.91 Å². The maximum absolute atomic E-state index is 12.3. The van der Waals surface area contributed by atoms with E-state index in [0.717, 1.165) is 30.8 Å². The van der Waals surface area contributed by atoms with Crippen molar-refractivity contribution in [1.29, 1.82) is 0 Å². The van der Waals surface area contributed by atoms with Gasteiger partial charge in [-0.1, -0.05) is 12.1 Å². The Morgan fingerprint density at radius 1 is 1.32 bits per heavy atom. The molecular formula is C18H21NO2S. The molecule has 116 valence electrons. The number of thiophene rings is 1. The maximum atomic E-state index is 12.3. The summed E-state index contributed by atoms with van der Waals surface area (Å²) >= 11 is 1.79. The Bertz CT molecular complexity index is 677. The first-order chi connectivity index (χ1) is 10.6. The van der Waals surface area contributed by atoms with Crippen molar-refractivity contribution in [2.45, 2.75) is 33.2 Å². The Morgan fingerprint density at radius 2 is 2.18 bits per heavy atom. The van der Waals surface area contributed by atoms with Crippen LogP contribution in [0.4, 0.5) is 0 Å². The summed E-state index contributed by atoms with van der Waals surface area (Å²) in [7, 11) is 0. The van der Waals surface area contributed by atoms with Gasteiger partial charge >= 0.3 is 0 Å². The van der Waals surface area contributed by atoms with Crippen molar-refractivity contribution in [3.8, 4) is 5.75 Å². The van der Waals surface area contributed by atoms with Crippen molar-refractivity contribution in [1.82, 2.24) is 4.90 Å². The fraction of sp³-hybridized carbons (Fsp3) is 0.389. The van der Waals surface area contributed by atoms with Crippen LogP contribution in [0.5, 0.6) is 5.75 Å². The average molecular weight is 315 g/mol. The van der Waals surface area contributed by atoms with Gasteiger partial charge in [0.05, 0.1) is 13.0 Å². The predicted molar refractivity (Wildman–Crippen MR) is 89.5 cm³/mol. The second-order valence-electron chi connectivity index (χ2n) is 5.73. The van der Waals surface area contributed by atoms with Gasteiger partial charge in [-0.25, -0.2) is 0 Å². The van der Waals surface area contributed by atoms with Gasteiger partial charge in [-0.05, 0) is 54.5 Å². The zero-order valence-corrected chi connectivity index (χ0v) is 13.9. The number of aryl methyl sites for hydroxylation is 1. The van der Waals surface area contributed by atoms with E-state index in [1.807, 2.05) is 17.0 Å². The minimum Gasteiger partial charge on any atom is -0.493 e. The van der Waals surface area contributed by atoms with Crippen LogP contribution in [0.25, 0.3) is 0 Å². The molecule has 1 aliphatic heterocycles. The molecule has 22 heavy (non-hydrogen) atoms. The van der Waals surface area contributed by atoms with E-state index in [1.165, 1.54) is 16.0 Å². The molecule has 2 heterocycles. The number of fused-ring (bicyclic) bond motifs is 1. The largest absolute Gasteiger partial charge is 0.493 e. The van der Waals surface area contributed by atoms with E-state index < -0.39 is 0 Å². The number of amides is 1. The molecule has 3 rings (SSSR count). The topological polar surface area (TPSA) is 29.5 Å². The first kappa shape index (κ1) is 15.1. The van der Waals surface area contributed by atoms with E-state index in [0.29, 0.717) is 13.0 Å². The van der Waals surface area contributed by atoms with E-state index >= 15 is 0 Å². The van der Waals surface area contributed by atoms with E-state index in [2.05, 4.69) is 31.4 Å². The number of hydrogen-bond acceptors (Lipinski definition) is 3. The normalized spacial score (nSPS) is 13.8. The molecule has 0 unspecified atom stereocenters. The van der Waals surface area contributed by atoms with Crippen LogP contribution in [0.2, 0.25) is 0 Å². The van der Waals surface area contributed by atoms with Gasteiger partial charge in [0.25, 0.3) is 0 Å². The monoisotopic (exact) mass is 315 g/mol. The smallest absolute Gasteiger partial charge is 0.226 e. The Morgan fingerprint density at radius 3 is 3.05 bits per heavy atom. The minimum absolute atomic E-state index is 0.183. The van der Waals surface area contributed by atoms with Crippen LogP contribution in [-0.4, -0.2) is 24.0 Å². The summed E-state index contributed by atoms with van der Waals surface area (Å²) in [5, 5.41) is 2.11. The number of benzene rings is 1. The lowest BCUT2D eigenvalue weighted by atomic mass is 10.1. The zero-order valence-electron chi connectivity index (χ0n) is 13.1. The molecule has 0 radical (unpaired) electrons. The van der Waals surface area contributed by atoms with Crippen molar-refractivity contribution in [3.05, 3.63) is 51.2 Å². The van der Waals surface area contributed by atoms with Crippen LogP contribution in [0.15, 0.2) is 29.6 Å². The number of nitrogens with zero attached hydrogens (tertiary/aromatic N) is 1. The van der Waals surface area contributed by atoms with Gasteiger partial charge in [-0.3, -0.25) is 4.79 Å². The summed E-state index contributed by atoms with van der Waals surface area (Å²) in [5.41, 5.74) is 3.67. The highest BCUT2D eigenvalue weighted by molar-refractivity contribution is 7.10. The molecule has 0 atom stereocenters. The van der Waals surface area contributed by atoms with Gasteiger partial charge in [0.1, 0.15) is 5.75 Å². The van der Waals surface area contributed by atoms with E-state index in [1.54, 1.807) is 11.3 Å². The molecule has 1 aromatic heterocycles. The highest BCUT2D eigenvalue weighted by Crippen LogP contribution is 2.24. The summed E-state index contributed by atoms with van der Waals surface area (Å²) in [6.07, 6.45) is 1.42. The Kier molecular flexibility index (Phi) is 4.48. The number of hydrogen-bond donors (Lipinski definition) is 0. The van der Waals surface area contributed by atoms with E-state index in [9.17, 15) is 4.79 Å². The number of rotatable bonds is 4. The first-order valence-electron chi connectivity index (χ1n) is 7.67. The standard InChI is InChI=1S/C18H21NO2S/c1-13-4-3-5-16(14(13)2)21-10-7-18(20)19-9-6-17-15(12-19)8-11-22-17/h3-5,8,11H,6-7,9-10,12H2,1-2H3. The van der Waals surface area contributed by atoms with Gasteiger partial charge in [0.15, 0.2) is 0 Å². The third kappa shape index (κ3) is 3.17. The Labute approximate surface area is 135 Å². The second kappa shape index (κ2) is 6.53. The van der Waals surface area contributed by atoms with Crippen molar-refractivity contribution < 1.29 is 9.53 Å². The van der Waals surface area contributed by atoms with Crippen LogP contribution >= 0.6 is 11.3 Å². The summed E-state index contributed by atoms with van der Waals surface area (Å²) in [5.74, 6) is 1.06. The maximum Gasteiger partial charge on any atom is 0.226 e. The number of ether oxygens (including phenoxy) is 1. The fourth-order valence-corrected chi connectivity index (χ4v) is 3.64. The molecule has 0 spiro atoms. The van der Waals surface area contributed by atoms with Gasteiger partial charge < -0.3 is 9.64 Å². The highest BCUT2D eigenvalue weighted by atomic mass is 32.1. The summed E-state index contributed by atoms with van der Waals surface area (Å²) in [6, 6.07) is 8.15. The van der Waals surface area contributed by atoms with Crippen molar-refractivity contribution in [2.24, 2.45) is 0 Å². The third-order valence-electron chi connectivity index (χ3n) is 4.29. The molecule has 2 aromatic rings. The molecule has 1 aromatic carbocycles. The molecule has 0 bridgehead atoms. The lowest BCUT2D eigenvalue weighted by Gasteiger charge is -2.27. The highest BCUT2D eigenvalue weighted by Gasteiger charge is 2.21. The molecule has 0 fully saturated rings. The molecule has 0 aliphatic carbocycles.